The summed E-state index contributed by atoms with van der Waals surface area (Å²) >= 11 is 0. The molecule has 1 heterocycles. The van der Waals surface area contributed by atoms with E-state index in [0.29, 0.717) is 0 Å². The Hall–Kier alpha value is -2.24. The zero-order valence-electron chi connectivity index (χ0n) is 13.9. The average Bonchev–Trinajstić information content (AvgIpc) is 3.16. The fourth-order valence-corrected chi connectivity index (χ4v) is 4.10. The fraction of sp³-hybridized carbons (Fsp3) is 0.375. The van der Waals surface area contributed by atoms with Gasteiger partial charge in [0, 0.05) is 36.7 Å². The second-order valence-corrected chi connectivity index (χ2v) is 8.18. The summed E-state index contributed by atoms with van der Waals surface area (Å²) in [6, 6.07) is 1.00. The monoisotopic (exact) mass is 430 g/mol. The van der Waals surface area contributed by atoms with Crippen molar-refractivity contribution in [3.05, 3.63) is 47.3 Å². The molecule has 1 aliphatic carbocycles. The van der Waals surface area contributed by atoms with Crippen LogP contribution in [0, 0.1) is 11.6 Å². The zero-order valence-corrected chi connectivity index (χ0v) is 14.7. The molecule has 4 nitrogen and oxygen atoms in total. The number of alkyl halides is 5. The van der Waals surface area contributed by atoms with Crippen molar-refractivity contribution in [1.82, 2.24) is 4.98 Å². The molecule has 0 saturated heterocycles. The van der Waals surface area contributed by atoms with Crippen molar-refractivity contribution in [2.75, 3.05) is 4.72 Å². The second-order valence-electron chi connectivity index (χ2n) is 6.50. The highest BCUT2D eigenvalue weighted by atomic mass is 32.2. The maximum atomic E-state index is 13.9. The van der Waals surface area contributed by atoms with E-state index in [1.807, 2.05) is 0 Å². The third-order valence-electron chi connectivity index (χ3n) is 4.44. The van der Waals surface area contributed by atoms with Crippen molar-refractivity contribution in [3.63, 3.8) is 0 Å². The third-order valence-corrected chi connectivity index (χ3v) is 5.78. The lowest BCUT2D eigenvalue weighted by molar-refractivity contribution is -0.140. The van der Waals surface area contributed by atoms with Crippen LogP contribution in [0.1, 0.15) is 36.4 Å². The molecule has 154 valence electrons. The number of sulfonamides is 1. The number of hydrogen-bond acceptors (Lipinski definition) is 2. The highest BCUT2D eigenvalue weighted by Crippen LogP contribution is 2.44. The van der Waals surface area contributed by atoms with E-state index in [-0.39, 0.29) is 30.7 Å². The first kappa shape index (κ1) is 20.5. The molecule has 0 bridgehead atoms. The predicted octanol–water partition coefficient (Wildman–Crippen LogP) is 5.02. The van der Waals surface area contributed by atoms with Gasteiger partial charge in [0.1, 0.15) is 16.5 Å². The molecule has 1 aromatic carbocycles. The smallest absolute Gasteiger partial charge is 0.363 e. The van der Waals surface area contributed by atoms with E-state index in [2.05, 4.69) is 4.98 Å². The molecule has 28 heavy (non-hydrogen) atoms. The average molecular weight is 430 g/mol. The van der Waals surface area contributed by atoms with E-state index in [0.717, 1.165) is 12.3 Å². The van der Waals surface area contributed by atoms with Gasteiger partial charge in [-0.3, -0.25) is 4.72 Å². The number of anilines is 1. The highest BCUT2D eigenvalue weighted by Gasteiger charge is 2.41. The Bertz CT molecular complexity index is 999. The topological polar surface area (TPSA) is 62.0 Å². The summed E-state index contributed by atoms with van der Waals surface area (Å²) in [5, 5.41) is 0. The van der Waals surface area contributed by atoms with Crippen molar-refractivity contribution in [1.29, 1.82) is 0 Å². The summed E-state index contributed by atoms with van der Waals surface area (Å²) in [4.78, 5) is 2.12. The Balaban J connectivity index is 1.84. The molecule has 1 aromatic heterocycles. The summed E-state index contributed by atoms with van der Waals surface area (Å²) in [7, 11) is -4.50. The molecular formula is C16H13F7N2O2S. The Labute approximate surface area is 154 Å². The van der Waals surface area contributed by atoms with Gasteiger partial charge in [0.25, 0.3) is 10.0 Å². The van der Waals surface area contributed by atoms with Gasteiger partial charge in [-0.05, 0) is 18.6 Å². The number of rotatable bonds is 4. The maximum absolute atomic E-state index is 13.9. The number of hydrogen-bond donors (Lipinski definition) is 2. The Kier molecular flexibility index (Phi) is 4.89. The Morgan fingerprint density at radius 3 is 2.36 bits per heavy atom. The fourth-order valence-electron chi connectivity index (χ4n) is 3.04. The van der Waals surface area contributed by atoms with Crippen molar-refractivity contribution >= 4 is 15.7 Å². The van der Waals surface area contributed by atoms with Gasteiger partial charge < -0.3 is 4.98 Å². The first-order valence-corrected chi connectivity index (χ1v) is 9.42. The molecule has 0 amide bonds. The van der Waals surface area contributed by atoms with E-state index in [9.17, 15) is 39.2 Å². The van der Waals surface area contributed by atoms with Crippen LogP contribution in [-0.2, 0) is 16.2 Å². The zero-order chi connectivity index (χ0) is 20.9. The minimum absolute atomic E-state index is 0.0841. The number of aromatic amines is 1. The second kappa shape index (κ2) is 6.68. The van der Waals surface area contributed by atoms with E-state index in [1.54, 1.807) is 4.72 Å². The molecule has 12 heteroatoms. The summed E-state index contributed by atoms with van der Waals surface area (Å²) in [5.41, 5.74) is -2.66. The molecular weight excluding hydrogens is 417 g/mol. The summed E-state index contributed by atoms with van der Waals surface area (Å²) in [6.45, 7) is 0. The lowest BCUT2D eigenvalue weighted by Gasteiger charge is -2.12. The summed E-state index contributed by atoms with van der Waals surface area (Å²) in [5.74, 6) is -6.93. The molecule has 0 spiro atoms. The van der Waals surface area contributed by atoms with Crippen LogP contribution in [0.15, 0.2) is 29.3 Å². The van der Waals surface area contributed by atoms with Gasteiger partial charge in [-0.2, -0.15) is 13.2 Å². The molecule has 1 fully saturated rings. The van der Waals surface area contributed by atoms with E-state index in [4.69, 9.17) is 0 Å². The lowest BCUT2D eigenvalue weighted by Crippen LogP contribution is -2.15. The SMILES string of the molecule is O=S(=O)(Nc1cc(F)c(C(F)(F)F)cc1F)c1c[nH]c(C2CCC(F)(F)C2)c1. The number of nitrogens with one attached hydrogen (secondary N) is 2. The van der Waals surface area contributed by atoms with Gasteiger partial charge in [-0.1, -0.05) is 0 Å². The van der Waals surface area contributed by atoms with Gasteiger partial charge in [0.05, 0.1) is 11.3 Å². The minimum Gasteiger partial charge on any atom is -0.363 e. The van der Waals surface area contributed by atoms with Gasteiger partial charge in [-0.25, -0.2) is 26.0 Å². The van der Waals surface area contributed by atoms with Crippen LogP contribution in [0.2, 0.25) is 0 Å². The predicted molar refractivity (Wildman–Crippen MR) is 84.5 cm³/mol. The highest BCUT2D eigenvalue weighted by molar-refractivity contribution is 7.92. The minimum atomic E-state index is -5.15. The molecule has 0 radical (unpaired) electrons. The molecule has 3 rings (SSSR count). The molecule has 1 unspecified atom stereocenters. The summed E-state index contributed by atoms with van der Waals surface area (Å²) in [6.07, 6.45) is -4.83. The largest absolute Gasteiger partial charge is 0.419 e. The standard InChI is InChI=1S/C16H13F7N2O2S/c17-11-5-14(12(18)4-10(11)16(21,22)23)25-28(26,27)9-3-13(24-7-9)8-1-2-15(19,20)6-8/h3-5,7-8,24-25H,1-2,6H2. The van der Waals surface area contributed by atoms with E-state index >= 15 is 0 Å². The van der Waals surface area contributed by atoms with E-state index < -0.39 is 62.2 Å². The first-order chi connectivity index (χ1) is 12.8. The molecule has 1 saturated carbocycles. The van der Waals surface area contributed by atoms with Crippen LogP contribution < -0.4 is 4.72 Å². The Morgan fingerprint density at radius 1 is 1.11 bits per heavy atom. The number of H-pyrrole nitrogens is 1. The van der Waals surface area contributed by atoms with Crippen molar-refractivity contribution in [2.24, 2.45) is 0 Å². The van der Waals surface area contributed by atoms with E-state index in [1.165, 1.54) is 0 Å². The third kappa shape index (κ3) is 4.10. The van der Waals surface area contributed by atoms with Gasteiger partial charge in [0.15, 0.2) is 0 Å². The molecule has 2 aromatic rings. The molecule has 1 aliphatic rings. The molecule has 1 atom stereocenters. The Morgan fingerprint density at radius 2 is 1.79 bits per heavy atom. The summed E-state index contributed by atoms with van der Waals surface area (Å²) < 4.78 is 118. The normalized spacial score (nSPS) is 19.8. The quantitative estimate of drug-likeness (QED) is 0.670. The van der Waals surface area contributed by atoms with Crippen LogP contribution in [0.5, 0.6) is 0 Å². The number of halogens is 7. The van der Waals surface area contributed by atoms with Crippen LogP contribution in [0.25, 0.3) is 0 Å². The lowest BCUT2D eigenvalue weighted by atomic mass is 10.0. The number of aromatic nitrogens is 1. The van der Waals surface area contributed by atoms with Gasteiger partial charge in [-0.15, -0.1) is 0 Å². The van der Waals surface area contributed by atoms with Crippen LogP contribution in [0.3, 0.4) is 0 Å². The van der Waals surface area contributed by atoms with Gasteiger partial charge >= 0.3 is 6.18 Å². The van der Waals surface area contributed by atoms with Crippen molar-refractivity contribution < 1.29 is 39.2 Å². The maximum Gasteiger partial charge on any atom is 0.419 e. The van der Waals surface area contributed by atoms with Crippen LogP contribution >= 0.6 is 0 Å². The van der Waals surface area contributed by atoms with Gasteiger partial charge in [0.2, 0.25) is 5.92 Å². The first-order valence-electron chi connectivity index (χ1n) is 7.94. The number of benzene rings is 1. The molecule has 2 N–H and O–H groups in total. The van der Waals surface area contributed by atoms with Crippen LogP contribution in [0.4, 0.5) is 36.4 Å². The van der Waals surface area contributed by atoms with Crippen LogP contribution in [-0.4, -0.2) is 19.3 Å². The van der Waals surface area contributed by atoms with Crippen molar-refractivity contribution in [3.8, 4) is 0 Å². The molecule has 0 aliphatic heterocycles. The van der Waals surface area contributed by atoms with Crippen molar-refractivity contribution in [2.45, 2.75) is 42.2 Å².